The van der Waals surface area contributed by atoms with E-state index in [2.05, 4.69) is 87.4 Å². The van der Waals surface area contributed by atoms with Gasteiger partial charge in [-0.1, -0.05) is 42.8 Å². The van der Waals surface area contributed by atoms with E-state index in [-0.39, 0.29) is 7.43 Å². The van der Waals surface area contributed by atoms with Gasteiger partial charge in [-0.05, 0) is 73.7 Å². The van der Waals surface area contributed by atoms with Crippen LogP contribution in [-0.2, 0) is 0 Å². The molecular formula is C43H50Cl2F2N14S2. The fourth-order valence-electron chi connectivity index (χ4n) is 8.08. The van der Waals surface area contributed by atoms with Gasteiger partial charge in [-0.2, -0.15) is 4.99 Å². The molecule has 0 aliphatic carbocycles. The molecular weight excluding hydrogens is 886 g/mol. The Morgan fingerprint density at radius 2 is 1.25 bits per heavy atom. The number of aromatic amines is 2. The summed E-state index contributed by atoms with van der Waals surface area (Å²) in [5.41, 5.74) is 5.23. The smallest absolute Gasteiger partial charge is 0.173 e. The van der Waals surface area contributed by atoms with Crippen LogP contribution < -0.4 is 30.2 Å². The van der Waals surface area contributed by atoms with Gasteiger partial charge in [-0.3, -0.25) is 0 Å². The van der Waals surface area contributed by atoms with E-state index in [0.717, 1.165) is 115 Å². The molecule has 4 aliphatic rings. The van der Waals surface area contributed by atoms with Crippen molar-refractivity contribution in [3.05, 3.63) is 83.6 Å². The molecule has 0 spiro atoms. The average molecular weight is 936 g/mol. The summed E-state index contributed by atoms with van der Waals surface area (Å²) in [5, 5.41) is 12.9. The van der Waals surface area contributed by atoms with Gasteiger partial charge in [0.05, 0.1) is 33.0 Å². The van der Waals surface area contributed by atoms with Gasteiger partial charge in [0, 0.05) is 107 Å². The third kappa shape index (κ3) is 11.1. The number of anilines is 5. The van der Waals surface area contributed by atoms with Crippen LogP contribution in [0.1, 0.15) is 20.3 Å². The number of hydrogen-bond acceptors (Lipinski definition) is 12. The predicted octanol–water partition coefficient (Wildman–Crippen LogP) is 8.30. The normalized spacial score (nSPS) is 18.6. The highest BCUT2D eigenvalue weighted by Crippen LogP contribution is 2.36. The van der Waals surface area contributed by atoms with Crippen LogP contribution >= 0.6 is 47.6 Å². The highest BCUT2D eigenvalue weighted by Gasteiger charge is 2.29. The second kappa shape index (κ2) is 21.4. The third-order valence-corrected chi connectivity index (χ3v) is 12.1. The Kier molecular flexibility index (Phi) is 15.6. The van der Waals surface area contributed by atoms with Crippen molar-refractivity contribution in [3.63, 3.8) is 0 Å². The Hall–Kier alpha value is -5.23. The number of hydrogen-bond donors (Lipinski definition) is 4. The van der Waals surface area contributed by atoms with E-state index in [1.807, 2.05) is 48.8 Å². The number of rotatable bonds is 6. The van der Waals surface area contributed by atoms with Crippen molar-refractivity contribution in [1.82, 2.24) is 40.1 Å². The molecule has 332 valence electrons. The fourth-order valence-corrected chi connectivity index (χ4v) is 8.86. The number of isothiocyanates is 1. The highest BCUT2D eigenvalue weighted by atomic mass is 35.5. The first-order chi connectivity index (χ1) is 30.2. The zero-order valence-corrected chi connectivity index (χ0v) is 36.9. The minimum atomic E-state index is -0.783. The van der Waals surface area contributed by atoms with Crippen LogP contribution in [0.15, 0.2) is 78.6 Å². The quantitative estimate of drug-likeness (QED) is 0.0944. The van der Waals surface area contributed by atoms with Gasteiger partial charge >= 0.3 is 0 Å². The van der Waals surface area contributed by atoms with E-state index >= 15 is 0 Å². The van der Waals surface area contributed by atoms with Crippen molar-refractivity contribution in [1.29, 1.82) is 0 Å². The van der Waals surface area contributed by atoms with Gasteiger partial charge < -0.3 is 45.1 Å². The molecule has 0 bridgehead atoms. The summed E-state index contributed by atoms with van der Waals surface area (Å²) < 4.78 is 27.3. The molecule has 2 aromatic carbocycles. The summed E-state index contributed by atoms with van der Waals surface area (Å²) in [6, 6.07) is 14.7. The van der Waals surface area contributed by atoms with E-state index in [9.17, 15) is 8.78 Å². The summed E-state index contributed by atoms with van der Waals surface area (Å²) in [5.74, 6) is 1.84. The van der Waals surface area contributed by atoms with Crippen molar-refractivity contribution >= 4 is 114 Å². The number of halogens is 4. The molecule has 0 saturated carbocycles. The van der Waals surface area contributed by atoms with Gasteiger partial charge in [0.1, 0.15) is 47.9 Å². The van der Waals surface area contributed by atoms with Gasteiger partial charge in [0.15, 0.2) is 5.11 Å². The SMILES string of the molecule is C.F[C@H]1CCN(c2c[nH]c3ncnc(N4CCN(C(=S)Nc5cccc(Cl)c5)CC4)c23)C1.F[C@H]1CCN(c2c[nH]c3ncnc(N4CCNCC4)c23)C1.S=C=Nc1cccc(Cl)c1. The average Bonchev–Trinajstić information content (AvgIpc) is 4.11. The molecule has 4 N–H and O–H groups in total. The maximum absolute atomic E-state index is 13.8. The van der Waals surface area contributed by atoms with Crippen molar-refractivity contribution in [2.75, 3.05) is 103 Å². The Morgan fingerprint density at radius 1 is 0.714 bits per heavy atom. The van der Waals surface area contributed by atoms with Gasteiger partial charge in [0.2, 0.25) is 0 Å². The zero-order chi connectivity index (χ0) is 43.0. The number of H-pyrrole nitrogens is 2. The van der Waals surface area contributed by atoms with Crippen molar-refractivity contribution in [2.24, 2.45) is 4.99 Å². The predicted molar refractivity (Wildman–Crippen MR) is 261 cm³/mol. The molecule has 0 amide bonds. The molecule has 4 aliphatic heterocycles. The lowest BCUT2D eigenvalue weighted by Crippen LogP contribution is -2.50. The monoisotopic (exact) mass is 934 g/mol. The molecule has 4 saturated heterocycles. The summed E-state index contributed by atoms with van der Waals surface area (Å²) in [6.45, 7) is 9.22. The molecule has 0 radical (unpaired) electrons. The molecule has 20 heteroatoms. The largest absolute Gasteiger partial charge is 0.367 e. The van der Waals surface area contributed by atoms with Gasteiger partial charge in [-0.25, -0.2) is 28.7 Å². The van der Waals surface area contributed by atoms with E-state index in [1.54, 1.807) is 24.8 Å². The number of thiocarbonyl (C=S) groups is 2. The highest BCUT2D eigenvalue weighted by molar-refractivity contribution is 7.80. The Morgan fingerprint density at radius 3 is 1.76 bits per heavy atom. The Bertz CT molecular complexity index is 2520. The summed E-state index contributed by atoms with van der Waals surface area (Å²) in [6.07, 6.45) is 6.68. The molecule has 10 rings (SSSR count). The van der Waals surface area contributed by atoms with Crippen LogP contribution in [0.4, 0.5) is 43.2 Å². The van der Waals surface area contributed by atoms with E-state index < -0.39 is 12.3 Å². The number of piperazine rings is 2. The number of benzene rings is 2. The van der Waals surface area contributed by atoms with Gasteiger partial charge in [0.25, 0.3) is 0 Å². The molecule has 4 aromatic heterocycles. The topological polar surface area (TPSA) is 136 Å². The fraction of sp³-hybridized carbons (Fsp3) is 0.395. The molecule has 63 heavy (non-hydrogen) atoms. The van der Waals surface area contributed by atoms with Crippen LogP contribution in [0.5, 0.6) is 0 Å². The van der Waals surface area contributed by atoms with Crippen molar-refractivity contribution in [3.8, 4) is 0 Å². The number of aliphatic imine (C=N–C) groups is 1. The summed E-state index contributed by atoms with van der Waals surface area (Å²) >= 11 is 21.7. The Labute approximate surface area is 386 Å². The summed E-state index contributed by atoms with van der Waals surface area (Å²) in [4.78, 5) is 38.8. The second-order valence-corrected chi connectivity index (χ2v) is 16.6. The number of nitrogens with zero attached hydrogens (tertiary/aromatic N) is 10. The van der Waals surface area contributed by atoms with Crippen LogP contribution in [0.3, 0.4) is 0 Å². The van der Waals surface area contributed by atoms with Gasteiger partial charge in [-0.15, -0.1) is 0 Å². The number of fused-ring (bicyclic) bond motifs is 2. The lowest BCUT2D eigenvalue weighted by molar-refractivity contribution is 0.364. The minimum absolute atomic E-state index is 0. The number of alkyl halides is 2. The molecule has 2 atom stereocenters. The molecule has 6 aromatic rings. The Balaban J connectivity index is 0.000000160. The first-order valence-electron chi connectivity index (χ1n) is 20.5. The molecule has 0 unspecified atom stereocenters. The molecule has 14 nitrogen and oxygen atoms in total. The summed E-state index contributed by atoms with van der Waals surface area (Å²) in [7, 11) is 0. The standard InChI is InChI=1S/C21H23ClFN7S.C14H19FN6.C7H4ClNS.CH4/c22-14-2-1-3-16(10-14)27-21(31)29-8-6-28(7-9-29)20-18-17(30-5-4-15(23)12-30)11-24-19(18)25-13-26-20;15-10-1-4-21(8-10)11-7-17-13-12(11)14(19-9-18-13)20-5-2-16-3-6-20;8-6-2-1-3-7(4-6)9-5-10;/h1-3,10-11,13,15H,4-9,12H2,(H,27,31)(H,24,25,26);7,9-10,16H,1-6,8H2,(H,17,18,19);1-4H;1H4/t15-;10-;;/m00../s1. The van der Waals surface area contributed by atoms with Crippen molar-refractivity contribution < 1.29 is 8.78 Å². The molecule has 4 fully saturated rings. The van der Waals surface area contributed by atoms with E-state index in [0.29, 0.717) is 47.6 Å². The van der Waals surface area contributed by atoms with E-state index in [1.165, 1.54) is 0 Å². The van der Waals surface area contributed by atoms with Crippen LogP contribution in [0.25, 0.3) is 22.1 Å². The van der Waals surface area contributed by atoms with E-state index in [4.69, 9.17) is 35.4 Å². The maximum atomic E-state index is 13.8. The minimum Gasteiger partial charge on any atom is -0.367 e. The number of aromatic nitrogens is 6. The van der Waals surface area contributed by atoms with Crippen LogP contribution in [0.2, 0.25) is 10.0 Å². The third-order valence-electron chi connectivity index (χ3n) is 11.1. The van der Waals surface area contributed by atoms with Crippen molar-refractivity contribution in [2.45, 2.75) is 32.6 Å². The number of nitrogens with one attached hydrogen (secondary N) is 4. The maximum Gasteiger partial charge on any atom is 0.173 e. The first-order valence-corrected chi connectivity index (χ1v) is 22.1. The lowest BCUT2D eigenvalue weighted by atomic mass is 10.2. The lowest BCUT2D eigenvalue weighted by Gasteiger charge is -2.37. The second-order valence-electron chi connectivity index (χ2n) is 15.2. The van der Waals surface area contributed by atoms with Crippen LogP contribution in [-0.4, -0.2) is 136 Å². The molecule has 8 heterocycles. The zero-order valence-electron chi connectivity index (χ0n) is 33.8. The first kappa shape index (κ1) is 45.8. The van der Waals surface area contributed by atoms with Crippen LogP contribution in [0, 0.1) is 0 Å².